The first-order valence-electron chi connectivity index (χ1n) is 6.06. The summed E-state index contributed by atoms with van der Waals surface area (Å²) < 4.78 is 0. The molecule has 3 aromatic rings. The number of hydrogen-bond donors (Lipinski definition) is 1. The summed E-state index contributed by atoms with van der Waals surface area (Å²) in [6, 6.07) is 18.9. The second-order valence-corrected chi connectivity index (χ2v) is 6.21. The van der Waals surface area contributed by atoms with Crippen molar-refractivity contribution >= 4 is 55.9 Å². The standard InChI is InChI=1S/C16H13NS2.BrH/c17-16(15-6-3-9-18-15)19-11-12-7-8-13-4-1-2-5-14(13)10-12;/h1-10,17H,11H2;1H. The third kappa shape index (κ3) is 3.51. The number of halogens is 1. The molecule has 0 aliphatic carbocycles. The molecule has 1 nitrogen and oxygen atoms in total. The lowest BCUT2D eigenvalue weighted by molar-refractivity contribution is 1.44. The molecule has 0 amide bonds. The summed E-state index contributed by atoms with van der Waals surface area (Å²) >= 11 is 3.21. The van der Waals surface area contributed by atoms with E-state index in [0.717, 1.165) is 10.6 Å². The summed E-state index contributed by atoms with van der Waals surface area (Å²) in [6.45, 7) is 0. The maximum atomic E-state index is 8.03. The molecule has 0 aliphatic heterocycles. The van der Waals surface area contributed by atoms with Crippen molar-refractivity contribution in [3.05, 3.63) is 70.4 Å². The molecule has 2 aromatic carbocycles. The Labute approximate surface area is 137 Å². The highest BCUT2D eigenvalue weighted by molar-refractivity contribution is 8.93. The Hall–Kier alpha value is -1.10. The lowest BCUT2D eigenvalue weighted by Gasteiger charge is -2.04. The molecule has 3 rings (SSSR count). The summed E-state index contributed by atoms with van der Waals surface area (Å²) in [4.78, 5) is 1.05. The van der Waals surface area contributed by atoms with Gasteiger partial charge in [-0.3, -0.25) is 5.41 Å². The van der Waals surface area contributed by atoms with Crippen LogP contribution in [0.15, 0.2) is 60.0 Å². The van der Waals surface area contributed by atoms with Gasteiger partial charge in [-0.05, 0) is 27.8 Å². The molecular formula is C16H14BrNS2. The summed E-state index contributed by atoms with van der Waals surface area (Å²) in [5.74, 6) is 0.849. The zero-order valence-corrected chi connectivity index (χ0v) is 14.1. The summed E-state index contributed by atoms with van der Waals surface area (Å²) in [7, 11) is 0. The number of rotatable bonds is 3. The molecule has 102 valence electrons. The van der Waals surface area contributed by atoms with Gasteiger partial charge >= 0.3 is 0 Å². The minimum Gasteiger partial charge on any atom is -0.293 e. The highest BCUT2D eigenvalue weighted by Crippen LogP contribution is 2.23. The molecule has 1 heterocycles. The van der Waals surface area contributed by atoms with E-state index in [-0.39, 0.29) is 17.0 Å². The van der Waals surface area contributed by atoms with Crippen LogP contribution in [0, 0.1) is 5.41 Å². The van der Waals surface area contributed by atoms with Crippen LogP contribution in [0.25, 0.3) is 10.8 Å². The molecule has 0 radical (unpaired) electrons. The minimum absolute atomic E-state index is 0. The van der Waals surface area contributed by atoms with Gasteiger partial charge in [-0.1, -0.05) is 48.5 Å². The fourth-order valence-electron chi connectivity index (χ4n) is 1.96. The normalized spacial score (nSPS) is 10.2. The largest absolute Gasteiger partial charge is 0.293 e. The zero-order valence-electron chi connectivity index (χ0n) is 10.7. The molecule has 0 saturated heterocycles. The fraction of sp³-hybridized carbons (Fsp3) is 0.0625. The Bertz CT molecular complexity index is 707. The number of thiophene rings is 1. The van der Waals surface area contributed by atoms with Crippen LogP contribution in [0.3, 0.4) is 0 Å². The zero-order chi connectivity index (χ0) is 13.1. The van der Waals surface area contributed by atoms with Gasteiger partial charge in [-0.2, -0.15) is 0 Å². The maximum Gasteiger partial charge on any atom is 0.105 e. The summed E-state index contributed by atoms with van der Waals surface area (Å²) in [6.07, 6.45) is 0. The first kappa shape index (κ1) is 15.3. The van der Waals surface area contributed by atoms with Crippen molar-refractivity contribution in [2.24, 2.45) is 0 Å². The van der Waals surface area contributed by atoms with Gasteiger partial charge in [-0.25, -0.2) is 0 Å². The van der Waals surface area contributed by atoms with E-state index in [0.29, 0.717) is 5.04 Å². The Morgan fingerprint density at radius 2 is 1.80 bits per heavy atom. The highest BCUT2D eigenvalue weighted by Gasteiger charge is 2.04. The van der Waals surface area contributed by atoms with Crippen LogP contribution in [0.4, 0.5) is 0 Å². The molecule has 20 heavy (non-hydrogen) atoms. The molecule has 1 N–H and O–H groups in total. The molecule has 0 fully saturated rings. The van der Waals surface area contributed by atoms with E-state index in [4.69, 9.17) is 5.41 Å². The van der Waals surface area contributed by atoms with E-state index < -0.39 is 0 Å². The van der Waals surface area contributed by atoms with E-state index in [2.05, 4.69) is 42.5 Å². The lowest BCUT2D eigenvalue weighted by atomic mass is 10.1. The average Bonchev–Trinajstić information content (AvgIpc) is 2.99. The van der Waals surface area contributed by atoms with Crippen molar-refractivity contribution in [2.75, 3.05) is 0 Å². The van der Waals surface area contributed by atoms with Crippen LogP contribution >= 0.6 is 40.1 Å². The van der Waals surface area contributed by atoms with Gasteiger partial charge in [0, 0.05) is 5.75 Å². The minimum atomic E-state index is 0. The van der Waals surface area contributed by atoms with E-state index in [1.54, 1.807) is 23.1 Å². The molecule has 0 spiro atoms. The van der Waals surface area contributed by atoms with Crippen LogP contribution < -0.4 is 0 Å². The number of hydrogen-bond acceptors (Lipinski definition) is 3. The molecule has 0 bridgehead atoms. The molecule has 0 aliphatic rings. The highest BCUT2D eigenvalue weighted by atomic mass is 79.9. The SMILES string of the molecule is Br.N=C(SCc1ccc2ccccc2c1)c1cccs1. The van der Waals surface area contributed by atoms with Gasteiger partial charge in [0.25, 0.3) is 0 Å². The van der Waals surface area contributed by atoms with Gasteiger partial charge in [0.05, 0.1) is 4.88 Å². The van der Waals surface area contributed by atoms with Crippen LogP contribution in [-0.2, 0) is 5.75 Å². The predicted molar refractivity (Wildman–Crippen MR) is 96.7 cm³/mol. The average molecular weight is 364 g/mol. The van der Waals surface area contributed by atoms with Crippen molar-refractivity contribution in [3.8, 4) is 0 Å². The molecule has 0 saturated carbocycles. The van der Waals surface area contributed by atoms with Crippen molar-refractivity contribution in [3.63, 3.8) is 0 Å². The third-order valence-corrected chi connectivity index (χ3v) is 4.94. The molecule has 1 aromatic heterocycles. The Kier molecular flexibility index (Phi) is 5.40. The van der Waals surface area contributed by atoms with Crippen molar-refractivity contribution < 1.29 is 0 Å². The molecular weight excluding hydrogens is 350 g/mol. The second-order valence-electron chi connectivity index (χ2n) is 4.28. The summed E-state index contributed by atoms with van der Waals surface area (Å²) in [5, 5.41) is 13.2. The first-order chi connectivity index (χ1) is 9.33. The van der Waals surface area contributed by atoms with Gasteiger partial charge in [-0.15, -0.1) is 40.1 Å². The van der Waals surface area contributed by atoms with Crippen LogP contribution in [0.5, 0.6) is 0 Å². The van der Waals surface area contributed by atoms with Crippen LogP contribution in [0.1, 0.15) is 10.4 Å². The van der Waals surface area contributed by atoms with E-state index in [1.165, 1.54) is 16.3 Å². The number of nitrogens with one attached hydrogen (secondary N) is 1. The van der Waals surface area contributed by atoms with Gasteiger partial charge in [0.15, 0.2) is 0 Å². The van der Waals surface area contributed by atoms with Gasteiger partial charge in [0.1, 0.15) is 5.04 Å². The number of thioether (sulfide) groups is 1. The Morgan fingerprint density at radius 3 is 2.55 bits per heavy atom. The van der Waals surface area contributed by atoms with E-state index in [9.17, 15) is 0 Å². The van der Waals surface area contributed by atoms with Crippen LogP contribution in [0.2, 0.25) is 0 Å². The quantitative estimate of drug-likeness (QED) is 0.465. The number of fused-ring (bicyclic) bond motifs is 1. The monoisotopic (exact) mass is 363 g/mol. The molecule has 0 atom stereocenters. The van der Waals surface area contributed by atoms with Gasteiger partial charge < -0.3 is 0 Å². The Balaban J connectivity index is 0.00000147. The van der Waals surface area contributed by atoms with Crippen LogP contribution in [-0.4, -0.2) is 5.04 Å². The maximum absolute atomic E-state index is 8.03. The van der Waals surface area contributed by atoms with E-state index in [1.807, 2.05) is 17.5 Å². The van der Waals surface area contributed by atoms with Gasteiger partial charge in [0.2, 0.25) is 0 Å². The fourth-order valence-corrected chi connectivity index (χ4v) is 3.55. The van der Waals surface area contributed by atoms with Crippen molar-refractivity contribution in [1.82, 2.24) is 0 Å². The predicted octanol–water partition coefficient (Wildman–Crippen LogP) is 5.74. The molecule has 0 unspecified atom stereocenters. The lowest BCUT2D eigenvalue weighted by Crippen LogP contribution is -1.90. The number of benzene rings is 2. The third-order valence-electron chi connectivity index (χ3n) is 2.94. The van der Waals surface area contributed by atoms with Crippen molar-refractivity contribution in [1.29, 1.82) is 5.41 Å². The van der Waals surface area contributed by atoms with Crippen molar-refractivity contribution in [2.45, 2.75) is 5.75 Å². The second kappa shape index (κ2) is 7.07. The topological polar surface area (TPSA) is 23.9 Å². The smallest absolute Gasteiger partial charge is 0.105 e. The molecule has 4 heteroatoms. The first-order valence-corrected chi connectivity index (χ1v) is 7.92. The summed E-state index contributed by atoms with van der Waals surface area (Å²) in [5.41, 5.74) is 1.27. The van der Waals surface area contributed by atoms with E-state index >= 15 is 0 Å². The Morgan fingerprint density at radius 1 is 1.00 bits per heavy atom.